The Morgan fingerprint density at radius 2 is 2.29 bits per heavy atom. The Hall–Kier alpha value is -0.770. The van der Waals surface area contributed by atoms with Gasteiger partial charge in [-0.25, -0.2) is 0 Å². The molecule has 0 saturated heterocycles. The van der Waals surface area contributed by atoms with Gasteiger partial charge in [0.15, 0.2) is 0 Å². The molecular weight excluding hydrogens is 218 g/mol. The lowest BCUT2D eigenvalue weighted by Crippen LogP contribution is -1.96. The second-order valence-electron chi connectivity index (χ2n) is 3.06. The van der Waals surface area contributed by atoms with E-state index in [-0.39, 0.29) is 6.61 Å². The molecule has 0 bridgehead atoms. The van der Waals surface area contributed by atoms with E-state index < -0.39 is 0 Å². The number of anilines is 1. The molecule has 0 unspecified atom stereocenters. The molecule has 1 aromatic carbocycles. The molecule has 0 aliphatic heterocycles. The number of nitrogens with two attached hydrogens (primary N) is 1. The van der Waals surface area contributed by atoms with Crippen molar-refractivity contribution in [2.75, 3.05) is 5.73 Å². The van der Waals surface area contributed by atoms with Crippen LogP contribution in [0.15, 0.2) is 17.5 Å². The molecule has 0 saturated carbocycles. The predicted molar refractivity (Wildman–Crippen MR) is 61.7 cm³/mol. The Morgan fingerprint density at radius 1 is 1.50 bits per heavy atom. The minimum absolute atomic E-state index is 0.0262. The Kier molecular flexibility index (Phi) is 2.63. The highest BCUT2D eigenvalue weighted by Crippen LogP contribution is 2.32. The number of rotatable bonds is 2. The van der Waals surface area contributed by atoms with Crippen molar-refractivity contribution in [3.63, 3.8) is 0 Å². The average Bonchev–Trinajstić information content (AvgIpc) is 2.65. The lowest BCUT2D eigenvalue weighted by Gasteiger charge is -2.07. The van der Waals surface area contributed by atoms with Crippen LogP contribution in [0, 0.1) is 0 Å². The third kappa shape index (κ3) is 1.38. The minimum atomic E-state index is -0.0262. The molecule has 1 aromatic heterocycles. The molecule has 74 valence electrons. The van der Waals surface area contributed by atoms with E-state index in [1.165, 1.54) is 0 Å². The van der Waals surface area contributed by atoms with Crippen molar-refractivity contribution in [2.45, 2.75) is 12.5 Å². The number of fused-ring (bicyclic) bond motifs is 1. The molecule has 4 heteroatoms. The Labute approximate surface area is 90.9 Å². The first-order valence-electron chi connectivity index (χ1n) is 4.22. The number of benzene rings is 1. The highest BCUT2D eigenvalue weighted by molar-refractivity contribution is 7.17. The lowest BCUT2D eigenvalue weighted by atomic mass is 10.1. The second kappa shape index (κ2) is 3.77. The van der Waals surface area contributed by atoms with Crippen molar-refractivity contribution < 1.29 is 5.11 Å². The fraction of sp³-hybridized carbons (Fsp3) is 0.200. The standard InChI is InChI=1S/C10H10ClNOS/c11-4-6-3-9(12)8(5-13)7-1-2-14-10(6)7/h1-3,13H,4-5,12H2. The summed E-state index contributed by atoms with van der Waals surface area (Å²) in [7, 11) is 0. The number of thiophene rings is 1. The molecule has 14 heavy (non-hydrogen) atoms. The van der Waals surface area contributed by atoms with Gasteiger partial charge in [0.1, 0.15) is 0 Å². The summed E-state index contributed by atoms with van der Waals surface area (Å²) < 4.78 is 1.12. The molecule has 0 fully saturated rings. The van der Waals surface area contributed by atoms with Gasteiger partial charge in [-0.2, -0.15) is 0 Å². The van der Waals surface area contributed by atoms with Crippen LogP contribution in [0.1, 0.15) is 11.1 Å². The first-order valence-corrected chi connectivity index (χ1v) is 5.63. The van der Waals surface area contributed by atoms with E-state index in [1.807, 2.05) is 17.5 Å². The van der Waals surface area contributed by atoms with Crippen LogP contribution in [0.25, 0.3) is 10.1 Å². The maximum atomic E-state index is 9.19. The summed E-state index contributed by atoms with van der Waals surface area (Å²) in [6, 6.07) is 3.81. The first kappa shape index (κ1) is 9.77. The topological polar surface area (TPSA) is 46.2 Å². The van der Waals surface area contributed by atoms with Gasteiger partial charge in [0.2, 0.25) is 0 Å². The Bertz CT molecular complexity index is 466. The van der Waals surface area contributed by atoms with Crippen molar-refractivity contribution in [2.24, 2.45) is 0 Å². The summed E-state index contributed by atoms with van der Waals surface area (Å²) in [5, 5.41) is 12.2. The maximum absolute atomic E-state index is 9.19. The van der Waals surface area contributed by atoms with Crippen molar-refractivity contribution in [3.8, 4) is 0 Å². The fourth-order valence-electron chi connectivity index (χ4n) is 1.57. The minimum Gasteiger partial charge on any atom is -0.398 e. The summed E-state index contributed by atoms with van der Waals surface area (Å²) >= 11 is 7.44. The van der Waals surface area contributed by atoms with E-state index in [2.05, 4.69) is 0 Å². The number of halogens is 1. The van der Waals surface area contributed by atoms with E-state index in [0.29, 0.717) is 11.6 Å². The molecule has 1 heterocycles. The lowest BCUT2D eigenvalue weighted by molar-refractivity contribution is 0.284. The quantitative estimate of drug-likeness (QED) is 0.612. The fourth-order valence-corrected chi connectivity index (χ4v) is 2.80. The van der Waals surface area contributed by atoms with Gasteiger partial charge in [-0.1, -0.05) is 0 Å². The van der Waals surface area contributed by atoms with Crippen LogP contribution in [0.2, 0.25) is 0 Å². The molecule has 0 radical (unpaired) electrons. The van der Waals surface area contributed by atoms with E-state index in [1.54, 1.807) is 11.3 Å². The van der Waals surface area contributed by atoms with E-state index in [0.717, 1.165) is 21.2 Å². The molecule has 0 amide bonds. The van der Waals surface area contributed by atoms with Gasteiger partial charge in [0.25, 0.3) is 0 Å². The first-order chi connectivity index (χ1) is 6.77. The van der Waals surface area contributed by atoms with Crippen LogP contribution in [-0.4, -0.2) is 5.11 Å². The Balaban J connectivity index is 2.81. The molecule has 0 aliphatic carbocycles. The molecule has 2 nitrogen and oxygen atoms in total. The van der Waals surface area contributed by atoms with Gasteiger partial charge < -0.3 is 10.8 Å². The van der Waals surface area contributed by atoms with Crippen LogP contribution >= 0.6 is 22.9 Å². The SMILES string of the molecule is Nc1cc(CCl)c2sccc2c1CO. The van der Waals surface area contributed by atoms with E-state index in [4.69, 9.17) is 17.3 Å². The highest BCUT2D eigenvalue weighted by Gasteiger charge is 2.09. The molecule has 0 spiro atoms. The zero-order valence-corrected chi connectivity index (χ0v) is 9.03. The number of alkyl halides is 1. The second-order valence-corrected chi connectivity index (χ2v) is 4.24. The summed E-state index contributed by atoms with van der Waals surface area (Å²) in [6.45, 7) is -0.0262. The van der Waals surface area contributed by atoms with Crippen LogP contribution in [0.5, 0.6) is 0 Å². The number of hydrogen-bond donors (Lipinski definition) is 2. The molecule has 2 aromatic rings. The largest absolute Gasteiger partial charge is 0.398 e. The number of hydrogen-bond acceptors (Lipinski definition) is 3. The van der Waals surface area contributed by atoms with Gasteiger partial charge in [-0.05, 0) is 23.1 Å². The summed E-state index contributed by atoms with van der Waals surface area (Å²) in [5.41, 5.74) is 8.27. The maximum Gasteiger partial charge on any atom is 0.0708 e. The zero-order chi connectivity index (χ0) is 10.1. The molecule has 0 atom stereocenters. The molecule has 0 aliphatic rings. The van der Waals surface area contributed by atoms with E-state index >= 15 is 0 Å². The van der Waals surface area contributed by atoms with Crippen molar-refractivity contribution in [3.05, 3.63) is 28.6 Å². The third-order valence-corrected chi connectivity index (χ3v) is 3.54. The predicted octanol–water partition coefficient (Wildman–Crippen LogP) is 2.71. The zero-order valence-electron chi connectivity index (χ0n) is 7.46. The normalized spacial score (nSPS) is 11.0. The van der Waals surface area contributed by atoms with E-state index in [9.17, 15) is 5.11 Å². The number of aliphatic hydroxyl groups excluding tert-OH is 1. The summed E-state index contributed by atoms with van der Waals surface area (Å²) in [5.74, 6) is 0.451. The van der Waals surface area contributed by atoms with Crippen LogP contribution in [-0.2, 0) is 12.5 Å². The average molecular weight is 228 g/mol. The number of nitrogen functional groups attached to an aromatic ring is 1. The molecule has 2 rings (SSSR count). The van der Waals surface area contributed by atoms with Crippen molar-refractivity contribution in [1.82, 2.24) is 0 Å². The van der Waals surface area contributed by atoms with Crippen molar-refractivity contribution >= 4 is 38.7 Å². The van der Waals surface area contributed by atoms with Gasteiger partial charge in [-0.3, -0.25) is 0 Å². The van der Waals surface area contributed by atoms with Crippen LogP contribution in [0.3, 0.4) is 0 Å². The van der Waals surface area contributed by atoms with Gasteiger partial charge >= 0.3 is 0 Å². The highest BCUT2D eigenvalue weighted by atomic mass is 35.5. The number of aliphatic hydroxyl groups is 1. The van der Waals surface area contributed by atoms with Crippen LogP contribution < -0.4 is 5.73 Å². The summed E-state index contributed by atoms with van der Waals surface area (Å²) in [4.78, 5) is 0. The van der Waals surface area contributed by atoms with Gasteiger partial charge in [0.05, 0.1) is 6.61 Å². The summed E-state index contributed by atoms with van der Waals surface area (Å²) in [6.07, 6.45) is 0. The van der Waals surface area contributed by atoms with Gasteiger partial charge in [-0.15, -0.1) is 22.9 Å². The van der Waals surface area contributed by atoms with Gasteiger partial charge in [0, 0.05) is 27.2 Å². The third-order valence-electron chi connectivity index (χ3n) is 2.26. The Morgan fingerprint density at radius 3 is 2.93 bits per heavy atom. The smallest absolute Gasteiger partial charge is 0.0708 e. The monoisotopic (exact) mass is 227 g/mol. The molecular formula is C10H10ClNOS. The van der Waals surface area contributed by atoms with Crippen LogP contribution in [0.4, 0.5) is 5.69 Å². The van der Waals surface area contributed by atoms with Crippen molar-refractivity contribution in [1.29, 1.82) is 0 Å². The molecule has 3 N–H and O–H groups in total.